The monoisotopic (exact) mass is 359 g/mol. The zero-order chi connectivity index (χ0) is 16.8. The van der Waals surface area contributed by atoms with Crippen LogP contribution in [0.25, 0.3) is 0 Å². The zero-order valence-electron chi connectivity index (χ0n) is 14.1. The maximum Gasteiger partial charge on any atom is 0.244 e. The fourth-order valence-electron chi connectivity index (χ4n) is 2.62. The van der Waals surface area contributed by atoms with Gasteiger partial charge in [0.15, 0.2) is 0 Å². The number of hydrogen-bond acceptors (Lipinski definition) is 5. The molecule has 2 rings (SSSR count). The van der Waals surface area contributed by atoms with E-state index < -0.39 is 0 Å². The number of halogens is 1. The Morgan fingerprint density at radius 3 is 2.67 bits per heavy atom. The number of nitrogens with one attached hydrogen (secondary N) is 1. The molecule has 0 bridgehead atoms. The van der Waals surface area contributed by atoms with Crippen LogP contribution in [0.15, 0.2) is 12.4 Å². The van der Waals surface area contributed by atoms with E-state index in [9.17, 15) is 9.59 Å². The number of anilines is 1. The fraction of sp³-hybridized carbons (Fsp3) is 0.667. The largest absolute Gasteiger partial charge is 0.372 e. The van der Waals surface area contributed by atoms with Gasteiger partial charge < -0.3 is 20.7 Å². The lowest BCUT2D eigenvalue weighted by molar-refractivity contribution is -0.144. The number of nitrogens with zero attached hydrogens (tertiary/aromatic N) is 3. The summed E-state index contributed by atoms with van der Waals surface area (Å²) < 4.78 is 7.16. The number of carbonyl (C=O) groups is 2. The first-order valence-corrected chi connectivity index (χ1v) is 7.93. The van der Waals surface area contributed by atoms with Gasteiger partial charge in [0, 0.05) is 25.7 Å². The number of morpholine rings is 1. The lowest BCUT2D eigenvalue weighted by Gasteiger charge is -2.35. The van der Waals surface area contributed by atoms with Crippen LogP contribution in [0.2, 0.25) is 0 Å². The van der Waals surface area contributed by atoms with Crippen molar-refractivity contribution < 1.29 is 14.3 Å². The Labute approximate surface area is 148 Å². The summed E-state index contributed by atoms with van der Waals surface area (Å²) in [7, 11) is 0. The summed E-state index contributed by atoms with van der Waals surface area (Å²) in [4.78, 5) is 25.8. The van der Waals surface area contributed by atoms with Gasteiger partial charge in [-0.25, -0.2) is 0 Å². The molecule has 1 aliphatic heterocycles. The van der Waals surface area contributed by atoms with Crippen LogP contribution >= 0.6 is 12.4 Å². The molecule has 1 saturated heterocycles. The van der Waals surface area contributed by atoms with E-state index in [0.29, 0.717) is 38.2 Å². The first kappa shape index (κ1) is 20.4. The van der Waals surface area contributed by atoms with E-state index in [-0.39, 0.29) is 43.0 Å². The van der Waals surface area contributed by atoms with Crippen LogP contribution in [-0.4, -0.2) is 58.3 Å². The Morgan fingerprint density at radius 1 is 1.38 bits per heavy atom. The quantitative estimate of drug-likeness (QED) is 0.775. The Morgan fingerprint density at radius 2 is 2.04 bits per heavy atom. The van der Waals surface area contributed by atoms with Gasteiger partial charge in [0.05, 0.1) is 24.1 Å². The molecule has 2 unspecified atom stereocenters. The van der Waals surface area contributed by atoms with E-state index in [1.165, 1.54) is 10.9 Å². The molecule has 136 valence electrons. The van der Waals surface area contributed by atoms with E-state index in [1.807, 2.05) is 13.8 Å². The highest BCUT2D eigenvalue weighted by molar-refractivity contribution is 5.90. The third kappa shape index (κ3) is 6.10. The molecule has 0 aromatic carbocycles. The Bertz CT molecular complexity index is 541. The second-order valence-corrected chi connectivity index (χ2v) is 5.92. The lowest BCUT2D eigenvalue weighted by atomic mass is 10.2. The number of carbonyl (C=O) groups excluding carboxylic acids is 2. The van der Waals surface area contributed by atoms with Gasteiger partial charge in [0.1, 0.15) is 6.54 Å². The van der Waals surface area contributed by atoms with E-state index in [4.69, 9.17) is 10.5 Å². The Kier molecular flexibility index (Phi) is 8.17. The summed E-state index contributed by atoms with van der Waals surface area (Å²) in [6, 6.07) is 0. The summed E-state index contributed by atoms with van der Waals surface area (Å²) in [5, 5.41) is 6.86. The summed E-state index contributed by atoms with van der Waals surface area (Å²) >= 11 is 0. The third-order valence-corrected chi connectivity index (χ3v) is 3.59. The van der Waals surface area contributed by atoms with Gasteiger partial charge in [0.25, 0.3) is 0 Å². The molecule has 2 heterocycles. The molecule has 1 fully saturated rings. The van der Waals surface area contributed by atoms with Crippen LogP contribution in [0.5, 0.6) is 0 Å². The average molecular weight is 360 g/mol. The molecule has 1 aromatic rings. The van der Waals surface area contributed by atoms with Crippen LogP contribution in [0.1, 0.15) is 26.7 Å². The van der Waals surface area contributed by atoms with Crippen molar-refractivity contribution in [2.24, 2.45) is 5.73 Å². The molecule has 8 nitrogen and oxygen atoms in total. The normalized spacial score (nSPS) is 20.4. The molecule has 0 radical (unpaired) electrons. The van der Waals surface area contributed by atoms with Gasteiger partial charge in [0.2, 0.25) is 11.8 Å². The molecular formula is C15H26ClN5O3. The first-order chi connectivity index (χ1) is 11.0. The predicted octanol–water partition coefficient (Wildman–Crippen LogP) is 0.618. The van der Waals surface area contributed by atoms with Crippen molar-refractivity contribution in [3.63, 3.8) is 0 Å². The van der Waals surface area contributed by atoms with Crippen LogP contribution in [-0.2, 0) is 20.9 Å². The smallest absolute Gasteiger partial charge is 0.244 e. The molecule has 0 aliphatic carbocycles. The lowest BCUT2D eigenvalue weighted by Crippen LogP contribution is -2.49. The van der Waals surface area contributed by atoms with Crippen molar-refractivity contribution in [1.82, 2.24) is 14.7 Å². The summed E-state index contributed by atoms with van der Waals surface area (Å²) in [6.07, 6.45) is 4.30. The summed E-state index contributed by atoms with van der Waals surface area (Å²) in [5.41, 5.74) is 5.96. The molecule has 24 heavy (non-hydrogen) atoms. The van der Waals surface area contributed by atoms with Gasteiger partial charge in [-0.3, -0.25) is 14.3 Å². The highest BCUT2D eigenvalue weighted by Crippen LogP contribution is 2.12. The van der Waals surface area contributed by atoms with Gasteiger partial charge in [-0.2, -0.15) is 5.10 Å². The summed E-state index contributed by atoms with van der Waals surface area (Å²) in [5.74, 6) is -0.103. The first-order valence-electron chi connectivity index (χ1n) is 7.93. The number of hydrogen-bond donors (Lipinski definition) is 2. The Hall–Kier alpha value is -1.64. The van der Waals surface area contributed by atoms with Crippen molar-refractivity contribution in [1.29, 1.82) is 0 Å². The van der Waals surface area contributed by atoms with Crippen molar-refractivity contribution in [3.05, 3.63) is 12.4 Å². The molecule has 2 atom stereocenters. The molecule has 3 N–H and O–H groups in total. The topological polar surface area (TPSA) is 102 Å². The molecule has 9 heteroatoms. The van der Waals surface area contributed by atoms with E-state index in [2.05, 4.69) is 10.4 Å². The molecule has 0 saturated carbocycles. The maximum atomic E-state index is 12.3. The maximum absolute atomic E-state index is 12.3. The van der Waals surface area contributed by atoms with Crippen molar-refractivity contribution >= 4 is 29.9 Å². The number of aromatic nitrogens is 2. The number of amides is 2. The van der Waals surface area contributed by atoms with Crippen LogP contribution in [0.4, 0.5) is 5.69 Å². The SMILES string of the molecule is CC1CN(C(=O)Cn2cc(NC(=O)CCCN)cn2)CC(C)O1.Cl. The van der Waals surface area contributed by atoms with E-state index >= 15 is 0 Å². The van der Waals surface area contributed by atoms with Crippen LogP contribution in [0.3, 0.4) is 0 Å². The second kappa shape index (κ2) is 9.61. The highest BCUT2D eigenvalue weighted by Gasteiger charge is 2.25. The standard InChI is InChI=1S/C15H25N5O3.ClH/c1-11-7-19(8-12(2)23-11)15(22)10-20-9-13(6-17-20)18-14(21)4-3-5-16;/h6,9,11-12H,3-5,7-8,10,16H2,1-2H3,(H,18,21);1H. The molecule has 2 amide bonds. The van der Waals surface area contributed by atoms with Crippen molar-refractivity contribution in [3.8, 4) is 0 Å². The van der Waals surface area contributed by atoms with Crippen LogP contribution in [0, 0.1) is 0 Å². The molecular weight excluding hydrogens is 334 g/mol. The van der Waals surface area contributed by atoms with Gasteiger partial charge in [-0.1, -0.05) is 0 Å². The zero-order valence-corrected chi connectivity index (χ0v) is 14.9. The van der Waals surface area contributed by atoms with Gasteiger partial charge in [-0.05, 0) is 26.8 Å². The number of ether oxygens (including phenoxy) is 1. The minimum Gasteiger partial charge on any atom is -0.372 e. The minimum atomic E-state index is -0.0999. The summed E-state index contributed by atoms with van der Waals surface area (Å²) in [6.45, 7) is 5.73. The number of nitrogens with two attached hydrogens (primary N) is 1. The van der Waals surface area contributed by atoms with E-state index in [0.717, 1.165) is 0 Å². The van der Waals surface area contributed by atoms with Gasteiger partial charge in [-0.15, -0.1) is 12.4 Å². The van der Waals surface area contributed by atoms with Crippen LogP contribution < -0.4 is 11.1 Å². The fourth-order valence-corrected chi connectivity index (χ4v) is 2.62. The second-order valence-electron chi connectivity index (χ2n) is 5.92. The van der Waals surface area contributed by atoms with Gasteiger partial charge >= 0.3 is 0 Å². The number of rotatable bonds is 6. The minimum absolute atomic E-state index is 0. The average Bonchev–Trinajstić information content (AvgIpc) is 2.91. The predicted molar refractivity (Wildman–Crippen MR) is 93.0 cm³/mol. The van der Waals surface area contributed by atoms with E-state index in [1.54, 1.807) is 11.1 Å². The highest BCUT2D eigenvalue weighted by atomic mass is 35.5. The van der Waals surface area contributed by atoms with Crippen molar-refractivity contribution in [2.75, 3.05) is 25.0 Å². The molecule has 1 aromatic heterocycles. The molecule has 1 aliphatic rings. The Balaban J connectivity index is 0.00000288. The molecule has 0 spiro atoms. The van der Waals surface area contributed by atoms with Crippen molar-refractivity contribution in [2.45, 2.75) is 45.4 Å². The third-order valence-electron chi connectivity index (χ3n) is 3.59.